The molecule has 1 aromatic heterocycles. The third-order valence-corrected chi connectivity index (χ3v) is 3.90. The van der Waals surface area contributed by atoms with Crippen LogP contribution in [-0.4, -0.2) is 19.6 Å². The van der Waals surface area contributed by atoms with Crippen molar-refractivity contribution >= 4 is 41.3 Å². The van der Waals surface area contributed by atoms with Crippen molar-refractivity contribution in [2.24, 2.45) is 4.99 Å². The zero-order valence-electron chi connectivity index (χ0n) is 12.4. The summed E-state index contributed by atoms with van der Waals surface area (Å²) >= 11 is 1.75. The first-order valence-electron chi connectivity index (χ1n) is 6.80. The molecule has 0 fully saturated rings. The van der Waals surface area contributed by atoms with Crippen molar-refractivity contribution in [3.63, 3.8) is 0 Å². The maximum Gasteiger partial charge on any atom is 0.191 e. The number of guanidine groups is 1. The summed E-state index contributed by atoms with van der Waals surface area (Å²) in [6.07, 6.45) is 1.00. The number of halogens is 1. The van der Waals surface area contributed by atoms with Crippen molar-refractivity contribution in [3.05, 3.63) is 57.8 Å². The van der Waals surface area contributed by atoms with Crippen molar-refractivity contribution in [3.8, 4) is 0 Å². The number of hydrogen-bond acceptors (Lipinski definition) is 2. The van der Waals surface area contributed by atoms with E-state index in [0.29, 0.717) is 0 Å². The molecule has 2 aromatic rings. The predicted molar refractivity (Wildman–Crippen MR) is 103 cm³/mol. The molecule has 0 unspecified atom stereocenters. The van der Waals surface area contributed by atoms with Gasteiger partial charge in [-0.15, -0.1) is 35.3 Å². The fourth-order valence-corrected chi connectivity index (χ4v) is 2.64. The summed E-state index contributed by atoms with van der Waals surface area (Å²) in [6, 6.07) is 12.8. The Morgan fingerprint density at radius 1 is 1.19 bits per heavy atom. The van der Waals surface area contributed by atoms with Gasteiger partial charge in [-0.25, -0.2) is 0 Å². The van der Waals surface area contributed by atoms with E-state index >= 15 is 0 Å². The average Bonchev–Trinajstić information content (AvgIpc) is 2.96. The molecule has 1 heterocycles. The molecule has 0 saturated carbocycles. The third-order valence-electron chi connectivity index (χ3n) is 3.02. The molecule has 0 saturated heterocycles. The van der Waals surface area contributed by atoms with Crippen LogP contribution in [0.1, 0.15) is 16.0 Å². The van der Waals surface area contributed by atoms with E-state index in [-0.39, 0.29) is 24.0 Å². The van der Waals surface area contributed by atoms with Crippen LogP contribution in [0.5, 0.6) is 0 Å². The maximum absolute atomic E-state index is 4.24. The van der Waals surface area contributed by atoms with Crippen molar-refractivity contribution in [2.45, 2.75) is 19.9 Å². The van der Waals surface area contributed by atoms with Crippen molar-refractivity contribution in [2.75, 3.05) is 13.6 Å². The fourth-order valence-electron chi connectivity index (χ4n) is 2.00. The Hall–Kier alpha value is -1.08. The number of nitrogens with zero attached hydrogens (tertiary/aromatic N) is 1. The molecule has 2 rings (SSSR count). The van der Waals surface area contributed by atoms with E-state index in [0.717, 1.165) is 25.5 Å². The lowest BCUT2D eigenvalue weighted by molar-refractivity contribution is 0.799. The van der Waals surface area contributed by atoms with Crippen molar-refractivity contribution < 1.29 is 0 Å². The SMILES string of the molecule is CN=C(NCCc1cccc(C)c1)NCc1cccs1.I. The normalized spacial score (nSPS) is 10.9. The third kappa shape index (κ3) is 6.48. The smallest absolute Gasteiger partial charge is 0.191 e. The van der Waals surface area contributed by atoms with Crippen LogP contribution in [0.2, 0.25) is 0 Å². The van der Waals surface area contributed by atoms with Gasteiger partial charge in [0.25, 0.3) is 0 Å². The Bertz CT molecular complexity index is 552. The highest BCUT2D eigenvalue weighted by atomic mass is 127. The van der Waals surface area contributed by atoms with Crippen molar-refractivity contribution in [1.29, 1.82) is 0 Å². The molecule has 0 amide bonds. The number of nitrogens with one attached hydrogen (secondary N) is 2. The summed E-state index contributed by atoms with van der Waals surface area (Å²) in [6.45, 7) is 3.83. The van der Waals surface area contributed by atoms with Gasteiger partial charge in [-0.2, -0.15) is 0 Å². The van der Waals surface area contributed by atoms with Crippen LogP contribution < -0.4 is 10.6 Å². The van der Waals surface area contributed by atoms with Crippen LogP contribution >= 0.6 is 35.3 Å². The zero-order valence-corrected chi connectivity index (χ0v) is 15.6. The van der Waals surface area contributed by atoms with Gasteiger partial charge in [0.1, 0.15) is 0 Å². The topological polar surface area (TPSA) is 36.4 Å². The maximum atomic E-state index is 4.24. The number of benzene rings is 1. The zero-order chi connectivity index (χ0) is 14.2. The second-order valence-electron chi connectivity index (χ2n) is 4.67. The van der Waals surface area contributed by atoms with Crippen LogP contribution in [0, 0.1) is 6.92 Å². The molecule has 0 aliphatic carbocycles. The Balaban J connectivity index is 0.00000220. The Morgan fingerprint density at radius 2 is 2.05 bits per heavy atom. The summed E-state index contributed by atoms with van der Waals surface area (Å²) in [7, 11) is 1.80. The molecule has 1 aromatic carbocycles. The molecule has 0 spiro atoms. The molecule has 0 radical (unpaired) electrons. The standard InChI is InChI=1S/C16H21N3S.HI/c1-13-5-3-6-14(11-13)8-9-18-16(17-2)19-12-15-7-4-10-20-15;/h3-7,10-11H,8-9,12H2,1-2H3,(H2,17,18,19);1H. The molecular formula is C16H22IN3S. The fraction of sp³-hybridized carbons (Fsp3) is 0.312. The van der Waals surface area contributed by atoms with Gasteiger partial charge in [-0.3, -0.25) is 4.99 Å². The molecule has 0 atom stereocenters. The Labute approximate surface area is 147 Å². The van der Waals surface area contributed by atoms with Gasteiger partial charge in [0.15, 0.2) is 5.96 Å². The molecule has 5 heteroatoms. The molecule has 2 N–H and O–H groups in total. The van der Waals surface area contributed by atoms with Gasteiger partial charge in [-0.05, 0) is 30.4 Å². The second-order valence-corrected chi connectivity index (χ2v) is 5.70. The van der Waals surface area contributed by atoms with Crippen LogP contribution in [0.15, 0.2) is 46.8 Å². The lowest BCUT2D eigenvalue weighted by Crippen LogP contribution is -2.37. The minimum absolute atomic E-state index is 0. The Morgan fingerprint density at radius 3 is 2.71 bits per heavy atom. The van der Waals surface area contributed by atoms with Gasteiger partial charge in [0.2, 0.25) is 0 Å². The average molecular weight is 415 g/mol. The van der Waals surface area contributed by atoms with E-state index in [1.165, 1.54) is 16.0 Å². The summed E-state index contributed by atoms with van der Waals surface area (Å²) in [5, 5.41) is 8.75. The van der Waals surface area contributed by atoms with E-state index in [1.807, 2.05) is 0 Å². The number of aliphatic imine (C=N–C) groups is 1. The first-order valence-corrected chi connectivity index (χ1v) is 7.68. The van der Waals surface area contributed by atoms with Gasteiger partial charge in [-0.1, -0.05) is 35.9 Å². The minimum atomic E-state index is 0. The lowest BCUT2D eigenvalue weighted by Gasteiger charge is -2.11. The highest BCUT2D eigenvalue weighted by Gasteiger charge is 1.99. The molecule has 114 valence electrons. The number of hydrogen-bond donors (Lipinski definition) is 2. The highest BCUT2D eigenvalue weighted by molar-refractivity contribution is 14.0. The molecule has 3 nitrogen and oxygen atoms in total. The van der Waals surface area contributed by atoms with E-state index in [9.17, 15) is 0 Å². The molecule has 0 aliphatic heterocycles. The Kier molecular flexibility index (Phi) is 8.37. The first kappa shape index (κ1) is 18.0. The summed E-state index contributed by atoms with van der Waals surface area (Å²) in [5.74, 6) is 0.853. The van der Waals surface area contributed by atoms with Gasteiger partial charge in [0, 0.05) is 18.5 Å². The summed E-state index contributed by atoms with van der Waals surface area (Å²) in [5.41, 5.74) is 2.66. The molecule has 0 bridgehead atoms. The summed E-state index contributed by atoms with van der Waals surface area (Å²) < 4.78 is 0. The van der Waals surface area contributed by atoms with E-state index < -0.39 is 0 Å². The first-order chi connectivity index (χ1) is 9.78. The molecular weight excluding hydrogens is 393 g/mol. The van der Waals surface area contributed by atoms with Gasteiger partial charge in [0.05, 0.1) is 6.54 Å². The number of rotatable bonds is 5. The predicted octanol–water partition coefficient (Wildman–Crippen LogP) is 3.58. The van der Waals surface area contributed by atoms with Crippen LogP contribution in [0.4, 0.5) is 0 Å². The highest BCUT2D eigenvalue weighted by Crippen LogP contribution is 2.07. The van der Waals surface area contributed by atoms with E-state index in [1.54, 1.807) is 18.4 Å². The lowest BCUT2D eigenvalue weighted by atomic mass is 10.1. The quantitative estimate of drug-likeness (QED) is 0.445. The van der Waals surface area contributed by atoms with E-state index in [2.05, 4.69) is 64.3 Å². The molecule has 0 aliphatic rings. The van der Waals surface area contributed by atoms with Crippen LogP contribution in [0.25, 0.3) is 0 Å². The van der Waals surface area contributed by atoms with Crippen molar-refractivity contribution in [1.82, 2.24) is 10.6 Å². The van der Waals surface area contributed by atoms with Crippen LogP contribution in [-0.2, 0) is 13.0 Å². The monoisotopic (exact) mass is 415 g/mol. The van der Waals surface area contributed by atoms with Crippen LogP contribution in [0.3, 0.4) is 0 Å². The van der Waals surface area contributed by atoms with Gasteiger partial charge < -0.3 is 10.6 Å². The molecule has 21 heavy (non-hydrogen) atoms. The largest absolute Gasteiger partial charge is 0.356 e. The number of thiophene rings is 1. The minimum Gasteiger partial charge on any atom is -0.356 e. The van der Waals surface area contributed by atoms with Gasteiger partial charge >= 0.3 is 0 Å². The van der Waals surface area contributed by atoms with E-state index in [4.69, 9.17) is 0 Å². The summed E-state index contributed by atoms with van der Waals surface area (Å²) in [4.78, 5) is 5.55. The second kappa shape index (κ2) is 9.78. The number of aryl methyl sites for hydroxylation is 1.